The van der Waals surface area contributed by atoms with E-state index in [2.05, 4.69) is 48.1 Å². The van der Waals surface area contributed by atoms with Crippen LogP contribution >= 0.6 is 0 Å². The van der Waals surface area contributed by atoms with Gasteiger partial charge in [-0.3, -0.25) is 0 Å². The number of allylic oxidation sites excluding steroid dienone is 1. The number of carbonyl (C=O) groups excluding carboxylic acids is 1. The van der Waals surface area contributed by atoms with Crippen molar-refractivity contribution in [3.05, 3.63) is 48.1 Å². The fourth-order valence-corrected chi connectivity index (χ4v) is 12.7. The zero-order valence-corrected chi connectivity index (χ0v) is 27.6. The van der Waals surface area contributed by atoms with Crippen molar-refractivity contribution in [3.8, 4) is 5.75 Å². The average molecular weight is 589 g/mol. The molecule has 0 amide bonds. The van der Waals surface area contributed by atoms with Crippen molar-refractivity contribution in [3.63, 3.8) is 0 Å². The molecule has 0 heterocycles. The Kier molecular flexibility index (Phi) is 7.55. The third kappa shape index (κ3) is 4.50. The average Bonchev–Trinajstić information content (AvgIpc) is 3.35. The van der Waals surface area contributed by atoms with Gasteiger partial charge in [0.05, 0.1) is 0 Å². The summed E-state index contributed by atoms with van der Waals surface area (Å²) in [6.45, 7) is 19.7. The number of phenols is 1. The number of phenolic OH excluding ortho intramolecular Hbond substituents is 1. The first-order chi connectivity index (χ1) is 20.2. The Morgan fingerprint density at radius 3 is 2.30 bits per heavy atom. The molecule has 4 heteroatoms. The van der Waals surface area contributed by atoms with Gasteiger partial charge in [-0.1, -0.05) is 58.9 Å². The van der Waals surface area contributed by atoms with Crippen LogP contribution in [0, 0.1) is 56.7 Å². The SMILES string of the molecule is C=C(C)C1CC[C@]2(CO)CC[C@]3(C)[C@H](CC[C@H]4[C@@]5(C)CC[C@H](OC(=O)/C=C/c6ccc(O)cc6)C(C)(C)[C@@H]5CC[C@]43C)[C@@H]12. The highest BCUT2D eigenvalue weighted by molar-refractivity contribution is 5.87. The van der Waals surface area contributed by atoms with Crippen molar-refractivity contribution in [2.45, 2.75) is 112 Å². The largest absolute Gasteiger partial charge is 0.508 e. The first-order valence-electron chi connectivity index (χ1n) is 17.2. The van der Waals surface area contributed by atoms with Crippen LogP contribution in [0.2, 0.25) is 0 Å². The van der Waals surface area contributed by atoms with Crippen LogP contribution in [0.5, 0.6) is 5.75 Å². The van der Waals surface area contributed by atoms with E-state index in [0.29, 0.717) is 36.2 Å². The molecule has 0 saturated heterocycles. The lowest BCUT2D eigenvalue weighted by Gasteiger charge is -2.73. The van der Waals surface area contributed by atoms with Crippen LogP contribution in [0.15, 0.2) is 42.5 Å². The summed E-state index contributed by atoms with van der Waals surface area (Å²) in [6.07, 6.45) is 15.0. The number of carbonyl (C=O) groups is 1. The third-order valence-electron chi connectivity index (χ3n) is 15.1. The molecule has 5 fully saturated rings. The molecule has 5 saturated carbocycles. The summed E-state index contributed by atoms with van der Waals surface area (Å²) >= 11 is 0. The monoisotopic (exact) mass is 588 g/mol. The molecule has 0 spiro atoms. The van der Waals surface area contributed by atoms with Crippen molar-refractivity contribution in [1.29, 1.82) is 0 Å². The van der Waals surface area contributed by atoms with Crippen molar-refractivity contribution >= 4 is 12.0 Å². The number of aromatic hydroxyl groups is 1. The Morgan fingerprint density at radius 1 is 0.907 bits per heavy atom. The van der Waals surface area contributed by atoms with Gasteiger partial charge in [0.2, 0.25) is 0 Å². The molecular weight excluding hydrogens is 532 g/mol. The minimum atomic E-state index is -0.276. The molecule has 236 valence electrons. The Hall–Kier alpha value is -2.07. The Labute approximate surface area is 260 Å². The van der Waals surface area contributed by atoms with Gasteiger partial charge in [-0.05, 0) is 146 Å². The van der Waals surface area contributed by atoms with E-state index in [-0.39, 0.29) is 44.9 Å². The fraction of sp³-hybridized carbons (Fsp3) is 0.718. The first kappa shape index (κ1) is 30.9. The van der Waals surface area contributed by atoms with Crippen LogP contribution in [0.25, 0.3) is 6.08 Å². The van der Waals surface area contributed by atoms with E-state index in [1.807, 2.05) is 0 Å². The molecule has 5 aliphatic rings. The van der Waals surface area contributed by atoms with Gasteiger partial charge in [0.25, 0.3) is 0 Å². The minimum Gasteiger partial charge on any atom is -0.508 e. The lowest BCUT2D eigenvalue weighted by molar-refractivity contribution is -0.251. The lowest BCUT2D eigenvalue weighted by atomic mass is 9.32. The van der Waals surface area contributed by atoms with Crippen LogP contribution in [-0.4, -0.2) is 28.9 Å². The molecule has 6 rings (SSSR count). The summed E-state index contributed by atoms with van der Waals surface area (Å²) in [7, 11) is 0. The van der Waals surface area contributed by atoms with E-state index in [4.69, 9.17) is 4.74 Å². The number of benzene rings is 1. The molecule has 1 aromatic rings. The highest BCUT2D eigenvalue weighted by atomic mass is 16.5. The Balaban J connectivity index is 1.23. The Bertz CT molecular complexity index is 1280. The summed E-state index contributed by atoms with van der Waals surface area (Å²) in [5.74, 6) is 2.90. The normalized spacial score (nSPS) is 45.0. The van der Waals surface area contributed by atoms with Gasteiger partial charge in [0.15, 0.2) is 0 Å². The van der Waals surface area contributed by atoms with Crippen LogP contribution in [0.4, 0.5) is 0 Å². The first-order valence-corrected chi connectivity index (χ1v) is 17.2. The fourth-order valence-electron chi connectivity index (χ4n) is 12.7. The number of hydrogen-bond donors (Lipinski definition) is 2. The standard InChI is InChI=1S/C39H56O4/c1-25(2)28-16-21-39(24-40)23-22-37(6)29(34(28)39)13-14-31-36(5)19-18-32(35(3,4)30(36)17-20-38(31,37)7)43-33(42)15-10-26-8-11-27(41)12-9-26/h8-12,15,28-32,34,40-41H,1,13-14,16-24H2,2-7H3/b15-10+/t28?,29-,30+,31+,32+,34-,36+,37-,38-,39-/m1/s1. The van der Waals surface area contributed by atoms with Gasteiger partial charge in [0, 0.05) is 18.1 Å². The summed E-state index contributed by atoms with van der Waals surface area (Å²) in [5.41, 5.74) is 2.98. The van der Waals surface area contributed by atoms with E-state index in [1.165, 1.54) is 50.2 Å². The Morgan fingerprint density at radius 2 is 1.63 bits per heavy atom. The third-order valence-corrected chi connectivity index (χ3v) is 15.1. The molecular formula is C39H56O4. The van der Waals surface area contributed by atoms with Gasteiger partial charge in [-0.2, -0.15) is 0 Å². The van der Waals surface area contributed by atoms with Crippen LogP contribution in [0.1, 0.15) is 111 Å². The van der Waals surface area contributed by atoms with Crippen LogP contribution < -0.4 is 0 Å². The van der Waals surface area contributed by atoms with E-state index in [9.17, 15) is 15.0 Å². The highest BCUT2D eigenvalue weighted by Crippen LogP contribution is 2.77. The number of aliphatic hydroxyl groups is 1. The second-order valence-corrected chi connectivity index (χ2v) is 16.9. The van der Waals surface area contributed by atoms with Gasteiger partial charge in [0.1, 0.15) is 11.9 Å². The molecule has 1 aromatic carbocycles. The van der Waals surface area contributed by atoms with Gasteiger partial charge < -0.3 is 14.9 Å². The summed E-state index contributed by atoms with van der Waals surface area (Å²) in [6, 6.07) is 6.85. The van der Waals surface area contributed by atoms with Crippen LogP contribution in [0.3, 0.4) is 0 Å². The maximum absolute atomic E-state index is 13.0. The number of rotatable bonds is 5. The maximum atomic E-state index is 13.0. The van der Waals surface area contributed by atoms with Crippen molar-refractivity contribution in [1.82, 2.24) is 0 Å². The summed E-state index contributed by atoms with van der Waals surface area (Å²) < 4.78 is 6.21. The van der Waals surface area contributed by atoms with Gasteiger partial charge in [-0.25, -0.2) is 4.79 Å². The van der Waals surface area contributed by atoms with E-state index < -0.39 is 0 Å². The van der Waals surface area contributed by atoms with Crippen molar-refractivity contribution in [2.75, 3.05) is 6.61 Å². The van der Waals surface area contributed by atoms with E-state index in [1.54, 1.807) is 30.3 Å². The maximum Gasteiger partial charge on any atom is 0.331 e. The zero-order chi connectivity index (χ0) is 31.0. The molecule has 10 atom stereocenters. The smallest absolute Gasteiger partial charge is 0.331 e. The number of aliphatic hydroxyl groups excluding tert-OH is 1. The number of fused-ring (bicyclic) bond motifs is 7. The highest BCUT2D eigenvalue weighted by Gasteiger charge is 2.71. The molecule has 4 nitrogen and oxygen atoms in total. The zero-order valence-electron chi connectivity index (χ0n) is 27.6. The molecule has 43 heavy (non-hydrogen) atoms. The van der Waals surface area contributed by atoms with E-state index in [0.717, 1.165) is 31.2 Å². The van der Waals surface area contributed by atoms with Crippen molar-refractivity contribution in [2.24, 2.45) is 56.7 Å². The number of ether oxygens (including phenoxy) is 1. The van der Waals surface area contributed by atoms with Crippen molar-refractivity contribution < 1.29 is 19.7 Å². The number of hydrogen-bond acceptors (Lipinski definition) is 4. The van der Waals surface area contributed by atoms with Gasteiger partial charge in [-0.15, -0.1) is 0 Å². The quantitative estimate of drug-likeness (QED) is 0.205. The molecule has 0 bridgehead atoms. The van der Waals surface area contributed by atoms with E-state index >= 15 is 0 Å². The second kappa shape index (κ2) is 10.5. The summed E-state index contributed by atoms with van der Waals surface area (Å²) in [4.78, 5) is 13.0. The lowest BCUT2D eigenvalue weighted by Crippen LogP contribution is -2.67. The topological polar surface area (TPSA) is 66.8 Å². The predicted octanol–water partition coefficient (Wildman–Crippen LogP) is 8.97. The molecule has 0 radical (unpaired) electrons. The molecule has 1 unspecified atom stereocenters. The molecule has 0 aliphatic heterocycles. The molecule has 0 aromatic heterocycles. The number of esters is 1. The molecule has 2 N–H and O–H groups in total. The minimum absolute atomic E-state index is 0.0894. The van der Waals surface area contributed by atoms with Gasteiger partial charge >= 0.3 is 5.97 Å². The predicted molar refractivity (Wildman–Crippen MR) is 173 cm³/mol. The molecule has 5 aliphatic carbocycles. The van der Waals surface area contributed by atoms with Crippen LogP contribution in [-0.2, 0) is 9.53 Å². The second-order valence-electron chi connectivity index (χ2n) is 16.9. The summed E-state index contributed by atoms with van der Waals surface area (Å²) in [5, 5.41) is 20.3.